The first-order chi connectivity index (χ1) is 7.59. The van der Waals surface area contributed by atoms with Gasteiger partial charge in [0.25, 0.3) is 0 Å². The van der Waals surface area contributed by atoms with E-state index >= 15 is 0 Å². The molecule has 0 N–H and O–H groups in total. The van der Waals surface area contributed by atoms with Crippen LogP contribution in [0.5, 0.6) is 0 Å². The van der Waals surface area contributed by atoms with E-state index in [1.54, 1.807) is 6.92 Å². The van der Waals surface area contributed by atoms with Gasteiger partial charge in [-0.2, -0.15) is 0 Å². The zero-order valence-electron chi connectivity index (χ0n) is 11.3. The lowest BCUT2D eigenvalue weighted by atomic mass is 10.00. The van der Waals surface area contributed by atoms with E-state index in [0.29, 0.717) is 6.42 Å². The second-order valence-electron chi connectivity index (χ2n) is 3.99. The molecule has 1 rings (SSSR count). The van der Waals surface area contributed by atoms with Gasteiger partial charge >= 0.3 is 0 Å². The average molecular weight is 220 g/mol. The van der Waals surface area contributed by atoms with Crippen molar-refractivity contribution >= 4 is 5.78 Å². The fourth-order valence-corrected chi connectivity index (χ4v) is 1.60. The standard InChI is InChI=1S/C13H18O.C2H6/c1-10-7-8-11(2)13(9-10)6-4-5-12(3)14;1-2/h7-9H,4-6H2,1-3H3;1-2H3. The van der Waals surface area contributed by atoms with Crippen molar-refractivity contribution in [2.45, 2.75) is 53.9 Å². The van der Waals surface area contributed by atoms with Gasteiger partial charge in [0.05, 0.1) is 0 Å². The fraction of sp³-hybridized carbons (Fsp3) is 0.533. The van der Waals surface area contributed by atoms with Gasteiger partial charge in [-0.3, -0.25) is 0 Å². The Morgan fingerprint density at radius 2 is 1.81 bits per heavy atom. The summed E-state index contributed by atoms with van der Waals surface area (Å²) in [6.45, 7) is 9.89. The molecule has 1 aromatic carbocycles. The molecule has 0 aromatic heterocycles. The van der Waals surface area contributed by atoms with Crippen LogP contribution in [0, 0.1) is 13.8 Å². The number of benzene rings is 1. The highest BCUT2D eigenvalue weighted by molar-refractivity contribution is 5.75. The van der Waals surface area contributed by atoms with Gasteiger partial charge in [-0.15, -0.1) is 0 Å². The van der Waals surface area contributed by atoms with Crippen molar-refractivity contribution in [3.05, 3.63) is 34.9 Å². The predicted molar refractivity (Wildman–Crippen MR) is 70.9 cm³/mol. The molecule has 0 heterocycles. The smallest absolute Gasteiger partial charge is 0.129 e. The van der Waals surface area contributed by atoms with Crippen molar-refractivity contribution in [3.63, 3.8) is 0 Å². The third kappa shape index (κ3) is 5.69. The summed E-state index contributed by atoms with van der Waals surface area (Å²) in [5.41, 5.74) is 4.01. The summed E-state index contributed by atoms with van der Waals surface area (Å²) in [6, 6.07) is 6.50. The van der Waals surface area contributed by atoms with Crippen LogP contribution in [0.15, 0.2) is 18.2 Å². The first-order valence-electron chi connectivity index (χ1n) is 6.15. The molecule has 16 heavy (non-hydrogen) atoms. The summed E-state index contributed by atoms with van der Waals surface area (Å²) in [5.74, 6) is 0.287. The van der Waals surface area contributed by atoms with Crippen molar-refractivity contribution in [2.24, 2.45) is 0 Å². The molecule has 0 bridgehead atoms. The van der Waals surface area contributed by atoms with Gasteiger partial charge < -0.3 is 4.79 Å². The lowest BCUT2D eigenvalue weighted by molar-refractivity contribution is -0.117. The molecule has 1 aromatic rings. The molecule has 0 saturated carbocycles. The summed E-state index contributed by atoms with van der Waals surface area (Å²) in [5, 5.41) is 0. The summed E-state index contributed by atoms with van der Waals surface area (Å²) < 4.78 is 0. The van der Waals surface area contributed by atoms with Crippen molar-refractivity contribution < 1.29 is 4.79 Å². The third-order valence-corrected chi connectivity index (χ3v) is 2.48. The van der Waals surface area contributed by atoms with Crippen LogP contribution in [0.1, 0.15) is 50.3 Å². The van der Waals surface area contributed by atoms with Crippen LogP contribution < -0.4 is 0 Å². The number of rotatable bonds is 4. The van der Waals surface area contributed by atoms with Crippen molar-refractivity contribution in [2.75, 3.05) is 0 Å². The largest absolute Gasteiger partial charge is 0.300 e. The SMILES string of the molecule is CC.CC(=O)CCCc1cc(C)ccc1C. The molecule has 0 atom stereocenters. The molecule has 0 amide bonds. The minimum absolute atomic E-state index is 0.287. The molecule has 1 nitrogen and oxygen atoms in total. The average Bonchev–Trinajstić information content (AvgIpc) is 2.25. The summed E-state index contributed by atoms with van der Waals surface area (Å²) in [7, 11) is 0. The number of carbonyl (C=O) groups is 1. The Morgan fingerprint density at radius 3 is 2.38 bits per heavy atom. The number of hydrogen-bond acceptors (Lipinski definition) is 1. The lowest BCUT2D eigenvalue weighted by Crippen LogP contribution is -1.95. The maximum absolute atomic E-state index is 10.8. The molecule has 0 unspecified atom stereocenters. The van der Waals surface area contributed by atoms with Crippen LogP contribution in [0.25, 0.3) is 0 Å². The second kappa shape index (κ2) is 8.09. The number of Topliss-reactive ketones (excluding diaryl/α,β-unsaturated/α-hetero) is 1. The summed E-state index contributed by atoms with van der Waals surface area (Å²) in [6.07, 6.45) is 2.69. The number of ketones is 1. The first-order valence-corrected chi connectivity index (χ1v) is 6.15. The van der Waals surface area contributed by atoms with Gasteiger partial charge in [0.15, 0.2) is 0 Å². The predicted octanol–water partition coefficient (Wildman–Crippen LogP) is 4.24. The van der Waals surface area contributed by atoms with E-state index < -0.39 is 0 Å². The number of carbonyl (C=O) groups excluding carboxylic acids is 1. The van der Waals surface area contributed by atoms with Gasteiger partial charge in [-0.25, -0.2) is 0 Å². The van der Waals surface area contributed by atoms with E-state index in [2.05, 4.69) is 32.0 Å². The Morgan fingerprint density at radius 1 is 1.19 bits per heavy atom. The molecule has 1 heteroatoms. The van der Waals surface area contributed by atoms with Gasteiger partial charge in [-0.05, 0) is 44.7 Å². The zero-order chi connectivity index (χ0) is 12.6. The molecule has 0 radical (unpaired) electrons. The molecular formula is C15H24O. The van der Waals surface area contributed by atoms with E-state index in [1.807, 2.05) is 13.8 Å². The Kier molecular flexibility index (Phi) is 7.53. The molecule has 0 aliphatic carbocycles. The van der Waals surface area contributed by atoms with Crippen LogP contribution in [-0.4, -0.2) is 5.78 Å². The Labute approximate surface area is 99.9 Å². The first kappa shape index (κ1) is 14.9. The van der Waals surface area contributed by atoms with E-state index in [9.17, 15) is 4.79 Å². The molecule has 0 saturated heterocycles. The molecule has 0 aliphatic heterocycles. The highest BCUT2D eigenvalue weighted by Gasteiger charge is 2.00. The second-order valence-corrected chi connectivity index (χ2v) is 3.99. The van der Waals surface area contributed by atoms with E-state index in [1.165, 1.54) is 16.7 Å². The molecule has 90 valence electrons. The van der Waals surface area contributed by atoms with E-state index in [-0.39, 0.29) is 5.78 Å². The highest BCUT2D eigenvalue weighted by atomic mass is 16.1. The minimum Gasteiger partial charge on any atom is -0.300 e. The number of aryl methyl sites for hydroxylation is 3. The van der Waals surface area contributed by atoms with E-state index in [4.69, 9.17) is 0 Å². The fourth-order valence-electron chi connectivity index (χ4n) is 1.60. The normalized spacial score (nSPS) is 9.31. The monoisotopic (exact) mass is 220 g/mol. The Balaban J connectivity index is 0.00000106. The van der Waals surface area contributed by atoms with Gasteiger partial charge in [0, 0.05) is 6.42 Å². The van der Waals surface area contributed by atoms with Gasteiger partial charge in [0.1, 0.15) is 5.78 Å². The zero-order valence-corrected chi connectivity index (χ0v) is 11.3. The summed E-state index contributed by atoms with van der Waals surface area (Å²) in [4.78, 5) is 10.8. The maximum Gasteiger partial charge on any atom is 0.129 e. The summed E-state index contributed by atoms with van der Waals surface area (Å²) >= 11 is 0. The van der Waals surface area contributed by atoms with Crippen LogP contribution in [0.2, 0.25) is 0 Å². The van der Waals surface area contributed by atoms with Gasteiger partial charge in [-0.1, -0.05) is 37.6 Å². The third-order valence-electron chi connectivity index (χ3n) is 2.48. The molecular weight excluding hydrogens is 196 g/mol. The molecule has 0 spiro atoms. The topological polar surface area (TPSA) is 17.1 Å². The minimum atomic E-state index is 0.287. The van der Waals surface area contributed by atoms with Crippen LogP contribution in [-0.2, 0) is 11.2 Å². The highest BCUT2D eigenvalue weighted by Crippen LogP contribution is 2.13. The van der Waals surface area contributed by atoms with Crippen molar-refractivity contribution in [1.82, 2.24) is 0 Å². The molecule has 0 aliphatic rings. The lowest BCUT2D eigenvalue weighted by Gasteiger charge is -2.05. The number of hydrogen-bond donors (Lipinski definition) is 0. The van der Waals surface area contributed by atoms with Crippen LogP contribution >= 0.6 is 0 Å². The quantitative estimate of drug-likeness (QED) is 0.741. The van der Waals surface area contributed by atoms with Crippen molar-refractivity contribution in [1.29, 1.82) is 0 Å². The molecule has 0 fully saturated rings. The van der Waals surface area contributed by atoms with Crippen molar-refractivity contribution in [3.8, 4) is 0 Å². The van der Waals surface area contributed by atoms with E-state index in [0.717, 1.165) is 12.8 Å². The van der Waals surface area contributed by atoms with Gasteiger partial charge in [0.2, 0.25) is 0 Å². The Hall–Kier alpha value is -1.11. The maximum atomic E-state index is 10.8. The van der Waals surface area contributed by atoms with Crippen LogP contribution in [0.4, 0.5) is 0 Å². The Bertz CT molecular complexity index is 326. The van der Waals surface area contributed by atoms with Crippen LogP contribution in [0.3, 0.4) is 0 Å².